The molecule has 10 heteroatoms. The van der Waals surface area contributed by atoms with Gasteiger partial charge >= 0.3 is 6.03 Å². The van der Waals surface area contributed by atoms with Gasteiger partial charge in [-0.15, -0.1) is 0 Å². The van der Waals surface area contributed by atoms with Crippen molar-refractivity contribution in [2.75, 3.05) is 39.0 Å². The number of urea groups is 1. The molecule has 0 aliphatic carbocycles. The second-order valence-corrected chi connectivity index (χ2v) is 14.2. The van der Waals surface area contributed by atoms with Crippen LogP contribution in [0.3, 0.4) is 0 Å². The summed E-state index contributed by atoms with van der Waals surface area (Å²) >= 11 is 0. The molecule has 41 heavy (non-hydrogen) atoms. The first-order valence-corrected chi connectivity index (χ1v) is 16.9. The average molecular weight is 595 g/mol. The van der Waals surface area contributed by atoms with Gasteiger partial charge in [-0.05, 0) is 53.9 Å². The lowest BCUT2D eigenvalue weighted by Crippen LogP contribution is -2.57. The molecular weight excluding hydrogens is 556 g/mol. The third kappa shape index (κ3) is 9.62. The summed E-state index contributed by atoms with van der Waals surface area (Å²) in [6.07, 6.45) is 1.55. The Balaban J connectivity index is 1.48. The summed E-state index contributed by atoms with van der Waals surface area (Å²) in [6.45, 7) is 2.74. The first kappa shape index (κ1) is 30.6. The van der Waals surface area contributed by atoms with E-state index in [0.29, 0.717) is 32.4 Å². The molecule has 1 aliphatic rings. The molecule has 1 fully saturated rings. The maximum absolute atomic E-state index is 13.7. The fraction of sp³-hybridized carbons (Fsp3) is 0.355. The van der Waals surface area contributed by atoms with E-state index in [0.717, 1.165) is 35.0 Å². The first-order chi connectivity index (χ1) is 19.8. The minimum atomic E-state index is -3.60. The van der Waals surface area contributed by atoms with Gasteiger partial charge in [-0.25, -0.2) is 13.2 Å². The van der Waals surface area contributed by atoms with Gasteiger partial charge < -0.3 is 20.4 Å². The van der Waals surface area contributed by atoms with E-state index in [1.807, 2.05) is 67.7 Å². The van der Waals surface area contributed by atoms with Crippen LogP contribution in [-0.4, -0.2) is 81.2 Å². The Morgan fingerprint density at radius 2 is 1.37 bits per heavy atom. The highest BCUT2D eigenvalue weighted by atomic mass is 33.1. The number of carbonyl (C=O) groups excluding carboxylic acids is 2. The minimum absolute atomic E-state index is 0.181. The summed E-state index contributed by atoms with van der Waals surface area (Å²) in [5.74, 6) is -0.146. The highest BCUT2D eigenvalue weighted by molar-refractivity contribution is 8.72. The number of likely N-dealkylation sites (N-methyl/N-ethyl adjacent to an activating group) is 1. The second-order valence-electron chi connectivity index (χ2n) is 10.3. The lowest BCUT2D eigenvalue weighted by Gasteiger charge is -2.33. The number of amides is 3. The van der Waals surface area contributed by atoms with Gasteiger partial charge in [-0.2, -0.15) is 0 Å². The monoisotopic (exact) mass is 594 g/mol. The van der Waals surface area contributed by atoms with Gasteiger partial charge in [0.1, 0.15) is 6.04 Å². The van der Waals surface area contributed by atoms with Crippen LogP contribution in [0.2, 0.25) is 0 Å². The maximum Gasteiger partial charge on any atom is 0.318 e. The number of rotatable bonds is 12. The standard InChI is InChI=1S/C31H38N4O4S2/c1-34-19-21-35(22-20-34)31(37)33-29(23-26-13-7-3-8-14-26)30(36)32-27(18-17-25-11-5-2-6-12-25)24-40-41(38,39)28-15-9-4-10-16-28/h2-16,27,29H,17-24H2,1H3,(H,32,36)(H,33,37)/t27-,29-/m0/s1. The normalized spacial score (nSPS) is 15.6. The number of nitrogens with one attached hydrogen (secondary N) is 2. The van der Waals surface area contributed by atoms with E-state index in [-0.39, 0.29) is 22.6 Å². The highest BCUT2D eigenvalue weighted by Crippen LogP contribution is 2.24. The zero-order chi connectivity index (χ0) is 29.1. The Morgan fingerprint density at radius 1 is 0.805 bits per heavy atom. The number of piperazine rings is 1. The van der Waals surface area contributed by atoms with Gasteiger partial charge in [-0.3, -0.25) is 4.79 Å². The fourth-order valence-corrected chi connectivity index (χ4v) is 7.61. The van der Waals surface area contributed by atoms with Gasteiger partial charge in [0.15, 0.2) is 0 Å². The Hall–Kier alpha value is -3.34. The number of nitrogens with zero attached hydrogens (tertiary/aromatic N) is 2. The third-order valence-electron chi connectivity index (χ3n) is 7.11. The molecule has 1 aliphatic heterocycles. The Morgan fingerprint density at radius 3 is 1.98 bits per heavy atom. The van der Waals surface area contributed by atoms with Crippen molar-refractivity contribution in [3.63, 3.8) is 0 Å². The number of carbonyl (C=O) groups is 2. The second kappa shape index (κ2) is 15.0. The molecule has 4 rings (SSSR count). The van der Waals surface area contributed by atoms with Crippen molar-refractivity contribution >= 4 is 31.6 Å². The van der Waals surface area contributed by atoms with Crippen molar-refractivity contribution in [3.8, 4) is 0 Å². The molecule has 3 aromatic carbocycles. The van der Waals surface area contributed by atoms with E-state index in [2.05, 4.69) is 15.5 Å². The molecule has 1 saturated heterocycles. The number of benzene rings is 3. The van der Waals surface area contributed by atoms with Crippen LogP contribution in [0.5, 0.6) is 0 Å². The topological polar surface area (TPSA) is 98.8 Å². The lowest BCUT2D eigenvalue weighted by atomic mass is 10.0. The summed E-state index contributed by atoms with van der Waals surface area (Å²) in [5, 5.41) is 6.04. The van der Waals surface area contributed by atoms with Gasteiger partial charge in [0.05, 0.1) is 4.90 Å². The molecule has 2 N–H and O–H groups in total. The zero-order valence-corrected chi connectivity index (χ0v) is 24.9. The van der Waals surface area contributed by atoms with Crippen LogP contribution in [0, 0.1) is 0 Å². The van der Waals surface area contributed by atoms with Crippen LogP contribution in [0.15, 0.2) is 95.9 Å². The molecule has 218 valence electrons. The molecule has 0 spiro atoms. The molecular formula is C31H38N4O4S2. The van der Waals surface area contributed by atoms with Crippen LogP contribution in [0.1, 0.15) is 17.5 Å². The minimum Gasteiger partial charge on any atom is -0.351 e. The summed E-state index contributed by atoms with van der Waals surface area (Å²) in [6, 6.07) is 26.3. The molecule has 0 saturated carbocycles. The van der Waals surface area contributed by atoms with E-state index >= 15 is 0 Å². The van der Waals surface area contributed by atoms with Crippen molar-refractivity contribution in [1.82, 2.24) is 20.4 Å². The van der Waals surface area contributed by atoms with Crippen molar-refractivity contribution in [1.29, 1.82) is 0 Å². The predicted octanol–water partition coefficient (Wildman–Crippen LogP) is 3.79. The van der Waals surface area contributed by atoms with E-state index in [4.69, 9.17) is 0 Å². The zero-order valence-electron chi connectivity index (χ0n) is 23.3. The molecule has 0 unspecified atom stereocenters. The largest absolute Gasteiger partial charge is 0.351 e. The SMILES string of the molecule is CN1CCN(C(=O)N[C@@H](Cc2ccccc2)C(=O)N[C@@H](CCc2ccccc2)CSS(=O)(=O)c2ccccc2)CC1. The van der Waals surface area contributed by atoms with Crippen molar-refractivity contribution in [2.45, 2.75) is 36.2 Å². The summed E-state index contributed by atoms with van der Waals surface area (Å²) in [5.41, 5.74) is 2.03. The van der Waals surface area contributed by atoms with Crippen molar-refractivity contribution < 1.29 is 18.0 Å². The van der Waals surface area contributed by atoms with Gasteiger partial charge in [0.2, 0.25) is 14.8 Å². The smallest absolute Gasteiger partial charge is 0.318 e. The van der Waals surface area contributed by atoms with Crippen LogP contribution < -0.4 is 10.6 Å². The van der Waals surface area contributed by atoms with Gasteiger partial charge in [0.25, 0.3) is 0 Å². The molecule has 0 bridgehead atoms. The van der Waals surface area contributed by atoms with E-state index in [1.54, 1.807) is 35.2 Å². The van der Waals surface area contributed by atoms with E-state index in [1.165, 1.54) is 0 Å². The number of hydrogen-bond donors (Lipinski definition) is 2. The molecule has 0 aromatic heterocycles. The quantitative estimate of drug-likeness (QED) is 0.310. The maximum atomic E-state index is 13.7. The Kier molecular flexibility index (Phi) is 11.2. The van der Waals surface area contributed by atoms with E-state index in [9.17, 15) is 18.0 Å². The first-order valence-electron chi connectivity index (χ1n) is 13.9. The van der Waals surface area contributed by atoms with Gasteiger partial charge in [-0.1, -0.05) is 78.9 Å². The van der Waals surface area contributed by atoms with Crippen LogP contribution in [0.25, 0.3) is 0 Å². The molecule has 2 atom stereocenters. The highest BCUT2D eigenvalue weighted by Gasteiger charge is 2.28. The van der Waals surface area contributed by atoms with Crippen LogP contribution >= 0.6 is 10.8 Å². The van der Waals surface area contributed by atoms with Crippen LogP contribution in [-0.2, 0) is 26.5 Å². The van der Waals surface area contributed by atoms with Gasteiger partial charge in [0, 0.05) is 44.4 Å². The average Bonchev–Trinajstić information content (AvgIpc) is 3.00. The lowest BCUT2D eigenvalue weighted by molar-refractivity contribution is -0.123. The molecule has 8 nitrogen and oxygen atoms in total. The molecule has 3 aromatic rings. The predicted molar refractivity (Wildman–Crippen MR) is 164 cm³/mol. The van der Waals surface area contributed by atoms with Crippen LogP contribution in [0.4, 0.5) is 4.79 Å². The third-order valence-corrected chi connectivity index (χ3v) is 10.7. The molecule has 1 heterocycles. The number of aryl methyl sites for hydroxylation is 1. The fourth-order valence-electron chi connectivity index (χ4n) is 4.62. The van der Waals surface area contributed by atoms with Crippen molar-refractivity contribution in [3.05, 3.63) is 102 Å². The molecule has 0 radical (unpaired) electrons. The Labute approximate surface area is 246 Å². The number of hydrogen-bond acceptors (Lipinski definition) is 6. The van der Waals surface area contributed by atoms with E-state index < -0.39 is 21.0 Å². The molecule has 3 amide bonds. The van der Waals surface area contributed by atoms with Crippen molar-refractivity contribution in [2.24, 2.45) is 0 Å². The summed E-state index contributed by atoms with van der Waals surface area (Å²) in [4.78, 5) is 31.0. The summed E-state index contributed by atoms with van der Waals surface area (Å²) < 4.78 is 26.0. The summed E-state index contributed by atoms with van der Waals surface area (Å²) in [7, 11) is -0.749. The Bertz CT molecular complexity index is 1350.